The first-order valence-corrected chi connectivity index (χ1v) is 8.24. The molecule has 0 spiro atoms. The number of benzene rings is 1. The molecule has 1 N–H and O–H groups in total. The van der Waals surface area contributed by atoms with Crippen LogP contribution in [0.4, 0.5) is 5.95 Å². The second kappa shape index (κ2) is 5.94. The number of nitrogens with zero attached hydrogens (tertiary/aromatic N) is 4. The number of nitrogens with one attached hydrogen (secondary N) is 1. The van der Waals surface area contributed by atoms with E-state index < -0.39 is 10.0 Å². The monoisotopic (exact) mass is 339 g/mol. The molecule has 7 nitrogen and oxygen atoms in total. The second-order valence-electron chi connectivity index (χ2n) is 4.90. The molecule has 0 aliphatic carbocycles. The summed E-state index contributed by atoms with van der Waals surface area (Å²) < 4.78 is 28.6. The maximum absolute atomic E-state index is 12.5. The molecule has 116 valence electrons. The molecule has 0 aliphatic rings. The Hall–Kier alpha value is -2.11. The third-order valence-electron chi connectivity index (χ3n) is 2.90. The molecule has 0 aliphatic heterocycles. The van der Waals surface area contributed by atoms with Gasteiger partial charge in [0, 0.05) is 13.0 Å². The van der Waals surface area contributed by atoms with Gasteiger partial charge in [0.2, 0.25) is 5.95 Å². The van der Waals surface area contributed by atoms with E-state index in [0.29, 0.717) is 5.82 Å². The molecule has 0 atom stereocenters. The molecule has 0 amide bonds. The lowest BCUT2D eigenvalue weighted by molar-refractivity contribution is 0.599. The average molecular weight is 340 g/mol. The van der Waals surface area contributed by atoms with Crippen molar-refractivity contribution in [3.05, 3.63) is 34.6 Å². The van der Waals surface area contributed by atoms with Crippen molar-refractivity contribution in [3.8, 4) is 6.07 Å². The van der Waals surface area contributed by atoms with Crippen molar-refractivity contribution in [1.82, 2.24) is 14.8 Å². The zero-order valence-corrected chi connectivity index (χ0v) is 13.8. The minimum Gasteiger partial charge on any atom is -0.247 e. The van der Waals surface area contributed by atoms with Gasteiger partial charge in [-0.3, -0.25) is 0 Å². The average Bonchev–Trinajstić information content (AvgIpc) is 2.79. The Kier molecular flexibility index (Phi) is 4.39. The first-order chi connectivity index (χ1) is 10.3. The summed E-state index contributed by atoms with van der Waals surface area (Å²) in [5.74, 6) is 0.657. The predicted octanol–water partition coefficient (Wildman–Crippen LogP) is 2.26. The Morgan fingerprint density at radius 1 is 1.41 bits per heavy atom. The van der Waals surface area contributed by atoms with Crippen LogP contribution in [-0.2, 0) is 17.1 Å². The van der Waals surface area contributed by atoms with Crippen LogP contribution < -0.4 is 4.72 Å². The zero-order valence-electron chi connectivity index (χ0n) is 12.2. The summed E-state index contributed by atoms with van der Waals surface area (Å²) in [5.41, 5.74) is -0.108. The van der Waals surface area contributed by atoms with E-state index in [1.54, 1.807) is 13.1 Å². The van der Waals surface area contributed by atoms with Crippen molar-refractivity contribution >= 4 is 27.6 Å². The van der Waals surface area contributed by atoms with Gasteiger partial charge < -0.3 is 0 Å². The molecule has 0 saturated carbocycles. The summed E-state index contributed by atoms with van der Waals surface area (Å²) in [7, 11) is -2.41. The number of sulfonamides is 1. The number of aromatic nitrogens is 3. The molecule has 22 heavy (non-hydrogen) atoms. The van der Waals surface area contributed by atoms with Gasteiger partial charge in [-0.25, -0.2) is 17.8 Å². The van der Waals surface area contributed by atoms with Gasteiger partial charge in [0.15, 0.2) is 5.82 Å². The van der Waals surface area contributed by atoms with Crippen LogP contribution in [0.15, 0.2) is 23.1 Å². The van der Waals surface area contributed by atoms with E-state index in [-0.39, 0.29) is 27.3 Å². The van der Waals surface area contributed by atoms with Crippen LogP contribution in [0.25, 0.3) is 0 Å². The number of hydrogen-bond donors (Lipinski definition) is 1. The number of rotatable bonds is 4. The van der Waals surface area contributed by atoms with Gasteiger partial charge in [-0.2, -0.15) is 15.3 Å². The van der Waals surface area contributed by atoms with E-state index in [0.717, 1.165) is 0 Å². The van der Waals surface area contributed by atoms with Crippen molar-refractivity contribution in [1.29, 1.82) is 5.26 Å². The lowest BCUT2D eigenvalue weighted by atomic mass is 10.2. The van der Waals surface area contributed by atoms with Gasteiger partial charge in [0.25, 0.3) is 10.0 Å². The third kappa shape index (κ3) is 3.05. The van der Waals surface area contributed by atoms with E-state index in [2.05, 4.69) is 14.8 Å². The molecular weight excluding hydrogens is 326 g/mol. The summed E-state index contributed by atoms with van der Waals surface area (Å²) in [5, 5.41) is 13.3. The fraction of sp³-hybridized carbons (Fsp3) is 0.308. The van der Waals surface area contributed by atoms with Crippen LogP contribution in [0.2, 0.25) is 5.02 Å². The Morgan fingerprint density at radius 3 is 2.64 bits per heavy atom. The van der Waals surface area contributed by atoms with Gasteiger partial charge in [-0.05, 0) is 12.1 Å². The molecule has 0 bridgehead atoms. The SMILES string of the molecule is CC(C)c1nc(NS(=O)(=O)c2cccc(Cl)c2C#N)n(C)n1. The first-order valence-electron chi connectivity index (χ1n) is 6.38. The smallest absolute Gasteiger partial charge is 0.247 e. The normalized spacial score (nSPS) is 11.5. The van der Waals surface area contributed by atoms with Crippen LogP contribution >= 0.6 is 11.6 Å². The van der Waals surface area contributed by atoms with Crippen LogP contribution in [0.5, 0.6) is 0 Å². The maximum atomic E-state index is 12.5. The number of nitriles is 1. The van der Waals surface area contributed by atoms with Gasteiger partial charge in [-0.1, -0.05) is 31.5 Å². The molecule has 1 heterocycles. The lowest BCUT2D eigenvalue weighted by Gasteiger charge is -2.08. The molecule has 1 aromatic heterocycles. The highest BCUT2D eigenvalue weighted by atomic mass is 35.5. The standard InChI is InChI=1S/C13H14ClN5O2S/c1-8(2)12-16-13(19(3)17-12)18-22(20,21)11-6-4-5-10(14)9(11)7-15/h4-6,8H,1-3H3,(H,16,17,18). The highest BCUT2D eigenvalue weighted by Gasteiger charge is 2.23. The first kappa shape index (κ1) is 16.3. The summed E-state index contributed by atoms with van der Waals surface area (Å²) >= 11 is 5.87. The molecule has 0 unspecified atom stereocenters. The van der Waals surface area contributed by atoms with Crippen molar-refractivity contribution < 1.29 is 8.42 Å². The number of hydrogen-bond acceptors (Lipinski definition) is 5. The third-order valence-corrected chi connectivity index (χ3v) is 4.58. The molecule has 2 aromatic rings. The lowest BCUT2D eigenvalue weighted by Crippen LogP contribution is -2.17. The Morgan fingerprint density at radius 2 is 2.09 bits per heavy atom. The zero-order chi connectivity index (χ0) is 16.5. The fourth-order valence-corrected chi connectivity index (χ4v) is 3.23. The Bertz CT molecular complexity index is 852. The highest BCUT2D eigenvalue weighted by molar-refractivity contribution is 7.92. The minimum absolute atomic E-state index is 0.0605. The van der Waals surface area contributed by atoms with E-state index in [9.17, 15) is 8.42 Å². The maximum Gasteiger partial charge on any atom is 0.265 e. The van der Waals surface area contributed by atoms with Crippen LogP contribution in [0, 0.1) is 11.3 Å². The van der Waals surface area contributed by atoms with E-state index in [4.69, 9.17) is 16.9 Å². The summed E-state index contributed by atoms with van der Waals surface area (Å²) in [4.78, 5) is 3.95. The number of halogens is 1. The fourth-order valence-electron chi connectivity index (χ4n) is 1.75. The van der Waals surface area contributed by atoms with Crippen molar-refractivity contribution in [2.24, 2.45) is 7.05 Å². The Labute approximate surface area is 133 Å². The molecule has 9 heteroatoms. The van der Waals surface area contributed by atoms with Crippen LogP contribution in [-0.4, -0.2) is 23.2 Å². The quantitative estimate of drug-likeness (QED) is 0.920. The summed E-state index contributed by atoms with van der Waals surface area (Å²) in [6.07, 6.45) is 0. The molecule has 1 aromatic carbocycles. The van der Waals surface area contributed by atoms with Crippen molar-refractivity contribution in [3.63, 3.8) is 0 Å². The van der Waals surface area contributed by atoms with Crippen LogP contribution in [0.3, 0.4) is 0 Å². The molecular formula is C13H14ClN5O2S. The van der Waals surface area contributed by atoms with E-state index in [1.165, 1.54) is 22.9 Å². The van der Waals surface area contributed by atoms with Crippen molar-refractivity contribution in [2.45, 2.75) is 24.7 Å². The Balaban J connectivity index is 2.46. The topological polar surface area (TPSA) is 101 Å². The summed E-state index contributed by atoms with van der Waals surface area (Å²) in [6.45, 7) is 3.80. The number of aryl methyl sites for hydroxylation is 1. The molecule has 0 saturated heterocycles. The minimum atomic E-state index is -3.99. The van der Waals surface area contributed by atoms with E-state index >= 15 is 0 Å². The molecule has 0 fully saturated rings. The van der Waals surface area contributed by atoms with Crippen LogP contribution in [0.1, 0.15) is 31.2 Å². The second-order valence-corrected chi connectivity index (χ2v) is 6.96. The molecule has 2 rings (SSSR count). The molecule has 0 radical (unpaired) electrons. The highest BCUT2D eigenvalue weighted by Crippen LogP contribution is 2.24. The largest absolute Gasteiger partial charge is 0.265 e. The van der Waals surface area contributed by atoms with Gasteiger partial charge in [0.1, 0.15) is 11.0 Å². The summed E-state index contributed by atoms with van der Waals surface area (Å²) in [6, 6.07) is 6.03. The van der Waals surface area contributed by atoms with Crippen molar-refractivity contribution in [2.75, 3.05) is 4.72 Å². The number of anilines is 1. The van der Waals surface area contributed by atoms with Gasteiger partial charge in [0.05, 0.1) is 10.6 Å². The van der Waals surface area contributed by atoms with Gasteiger partial charge in [-0.15, -0.1) is 0 Å². The van der Waals surface area contributed by atoms with E-state index in [1.807, 2.05) is 13.8 Å². The van der Waals surface area contributed by atoms with Gasteiger partial charge >= 0.3 is 0 Å². The predicted molar refractivity (Wildman–Crippen MR) is 82.1 cm³/mol.